The molecule has 2 aromatic carbocycles. The first-order chi connectivity index (χ1) is 16.1. The Morgan fingerprint density at radius 1 is 1.00 bits per heavy atom. The van der Waals surface area contributed by atoms with Crippen molar-refractivity contribution in [1.82, 2.24) is 15.0 Å². The minimum absolute atomic E-state index is 0.0633. The fraction of sp³-hybridized carbons (Fsp3) is 0.400. The van der Waals surface area contributed by atoms with Crippen LogP contribution in [0.2, 0.25) is 0 Å². The number of aromatic nitrogens is 2. The van der Waals surface area contributed by atoms with Gasteiger partial charge in [-0.2, -0.15) is 4.98 Å². The highest BCUT2D eigenvalue weighted by Crippen LogP contribution is 2.32. The van der Waals surface area contributed by atoms with Gasteiger partial charge in [-0.1, -0.05) is 30.5 Å². The molecule has 1 heterocycles. The minimum Gasteiger partial charge on any atom is -0.497 e. The van der Waals surface area contributed by atoms with Gasteiger partial charge in [-0.15, -0.1) is 0 Å². The van der Waals surface area contributed by atoms with Crippen LogP contribution >= 0.6 is 0 Å². The highest BCUT2D eigenvalue weighted by atomic mass is 16.5. The van der Waals surface area contributed by atoms with Gasteiger partial charge in [-0.3, -0.25) is 4.79 Å². The van der Waals surface area contributed by atoms with E-state index in [4.69, 9.17) is 18.7 Å². The molecule has 0 radical (unpaired) electrons. The standard InChI is InChI=1S/C25H29N3O5/c1-30-20-11-7-8-18(14-20)25(29)28(19-9-5-4-6-10-19)16-23-26-24(27-33-23)17-12-13-21(31-2)22(15-17)32-3/h7-8,11-15,19H,4-6,9-10,16H2,1-3H3. The van der Waals surface area contributed by atoms with E-state index in [0.29, 0.717) is 34.5 Å². The number of nitrogens with zero attached hydrogens (tertiary/aromatic N) is 3. The average molecular weight is 452 g/mol. The van der Waals surface area contributed by atoms with E-state index >= 15 is 0 Å². The molecule has 174 valence electrons. The van der Waals surface area contributed by atoms with Crippen LogP contribution in [0.15, 0.2) is 47.0 Å². The molecular formula is C25H29N3O5. The van der Waals surface area contributed by atoms with Crippen LogP contribution in [0.25, 0.3) is 11.4 Å². The van der Waals surface area contributed by atoms with Crippen LogP contribution in [-0.4, -0.2) is 48.3 Å². The summed E-state index contributed by atoms with van der Waals surface area (Å²) in [7, 11) is 4.76. The van der Waals surface area contributed by atoms with Crippen molar-refractivity contribution >= 4 is 5.91 Å². The van der Waals surface area contributed by atoms with Crippen LogP contribution < -0.4 is 14.2 Å². The lowest BCUT2D eigenvalue weighted by Crippen LogP contribution is -2.41. The van der Waals surface area contributed by atoms with Crippen molar-refractivity contribution in [3.63, 3.8) is 0 Å². The summed E-state index contributed by atoms with van der Waals surface area (Å²) in [6.07, 6.45) is 5.33. The van der Waals surface area contributed by atoms with Gasteiger partial charge in [0.2, 0.25) is 11.7 Å². The van der Waals surface area contributed by atoms with E-state index in [1.54, 1.807) is 39.5 Å². The third-order valence-corrected chi connectivity index (χ3v) is 6.01. The summed E-state index contributed by atoms with van der Waals surface area (Å²) < 4.78 is 21.5. The molecule has 1 saturated carbocycles. The number of hydrogen-bond acceptors (Lipinski definition) is 7. The quantitative estimate of drug-likeness (QED) is 0.489. The Kier molecular flexibility index (Phi) is 7.12. The maximum atomic E-state index is 13.5. The first-order valence-electron chi connectivity index (χ1n) is 11.1. The predicted octanol–water partition coefficient (Wildman–Crippen LogP) is 4.74. The van der Waals surface area contributed by atoms with Gasteiger partial charge in [0.1, 0.15) is 12.3 Å². The summed E-state index contributed by atoms with van der Waals surface area (Å²) in [5, 5.41) is 4.13. The summed E-state index contributed by atoms with van der Waals surface area (Å²) in [5.74, 6) is 2.62. The molecule has 3 aromatic rings. The van der Waals surface area contributed by atoms with Crippen molar-refractivity contribution in [2.45, 2.75) is 44.7 Å². The molecular weight excluding hydrogens is 422 g/mol. The van der Waals surface area contributed by atoms with Gasteiger partial charge >= 0.3 is 0 Å². The maximum absolute atomic E-state index is 13.5. The molecule has 1 aliphatic rings. The molecule has 0 N–H and O–H groups in total. The molecule has 1 amide bonds. The summed E-state index contributed by atoms with van der Waals surface area (Å²) >= 11 is 0. The van der Waals surface area contributed by atoms with Crippen LogP contribution in [0.1, 0.15) is 48.4 Å². The Morgan fingerprint density at radius 3 is 2.52 bits per heavy atom. The highest BCUT2D eigenvalue weighted by Gasteiger charge is 2.28. The van der Waals surface area contributed by atoms with Gasteiger partial charge in [0.15, 0.2) is 11.5 Å². The highest BCUT2D eigenvalue weighted by molar-refractivity contribution is 5.94. The molecule has 33 heavy (non-hydrogen) atoms. The summed E-state index contributed by atoms with van der Waals surface area (Å²) in [6.45, 7) is 0.251. The van der Waals surface area contributed by atoms with Crippen LogP contribution in [0, 0.1) is 0 Å². The zero-order valence-corrected chi connectivity index (χ0v) is 19.2. The van der Waals surface area contributed by atoms with E-state index in [-0.39, 0.29) is 18.5 Å². The lowest BCUT2D eigenvalue weighted by Gasteiger charge is -2.33. The third kappa shape index (κ3) is 5.10. The number of rotatable bonds is 8. The first-order valence-corrected chi connectivity index (χ1v) is 11.1. The second-order valence-electron chi connectivity index (χ2n) is 8.04. The number of methoxy groups -OCH3 is 3. The molecule has 0 bridgehead atoms. The number of carbonyl (C=O) groups excluding carboxylic acids is 1. The number of amides is 1. The van der Waals surface area contributed by atoms with Gasteiger partial charge < -0.3 is 23.6 Å². The van der Waals surface area contributed by atoms with E-state index in [0.717, 1.165) is 31.2 Å². The molecule has 1 aromatic heterocycles. The summed E-state index contributed by atoms with van der Waals surface area (Å²) in [4.78, 5) is 19.9. The van der Waals surface area contributed by atoms with E-state index in [1.165, 1.54) is 6.42 Å². The minimum atomic E-state index is -0.0633. The maximum Gasteiger partial charge on any atom is 0.254 e. The van der Waals surface area contributed by atoms with Gasteiger partial charge in [0.25, 0.3) is 5.91 Å². The zero-order chi connectivity index (χ0) is 23.2. The third-order valence-electron chi connectivity index (χ3n) is 6.01. The molecule has 1 fully saturated rings. The molecule has 0 aliphatic heterocycles. The summed E-state index contributed by atoms with van der Waals surface area (Å²) in [6, 6.07) is 12.8. The predicted molar refractivity (Wildman–Crippen MR) is 123 cm³/mol. The van der Waals surface area contributed by atoms with Crippen LogP contribution in [0.5, 0.6) is 17.2 Å². The lowest BCUT2D eigenvalue weighted by atomic mass is 9.93. The van der Waals surface area contributed by atoms with Crippen molar-refractivity contribution in [3.05, 3.63) is 53.9 Å². The zero-order valence-electron chi connectivity index (χ0n) is 19.2. The molecule has 0 unspecified atom stereocenters. The van der Waals surface area contributed by atoms with Crippen LogP contribution in [0.3, 0.4) is 0 Å². The second kappa shape index (κ2) is 10.4. The van der Waals surface area contributed by atoms with Crippen molar-refractivity contribution < 1.29 is 23.5 Å². The molecule has 8 nitrogen and oxygen atoms in total. The van der Waals surface area contributed by atoms with E-state index in [2.05, 4.69) is 10.1 Å². The van der Waals surface area contributed by atoms with Crippen molar-refractivity contribution in [2.75, 3.05) is 21.3 Å². The molecule has 0 atom stereocenters. The van der Waals surface area contributed by atoms with Crippen molar-refractivity contribution in [3.8, 4) is 28.6 Å². The fourth-order valence-electron chi connectivity index (χ4n) is 4.24. The summed E-state index contributed by atoms with van der Waals surface area (Å²) in [5.41, 5.74) is 1.32. The number of ether oxygens (including phenoxy) is 3. The monoisotopic (exact) mass is 451 g/mol. The average Bonchev–Trinajstić information content (AvgIpc) is 3.35. The van der Waals surface area contributed by atoms with E-state index in [1.807, 2.05) is 29.2 Å². The Morgan fingerprint density at radius 2 is 1.79 bits per heavy atom. The normalized spacial score (nSPS) is 14.0. The Hall–Kier alpha value is -3.55. The lowest BCUT2D eigenvalue weighted by molar-refractivity contribution is 0.0585. The molecule has 0 saturated heterocycles. The fourth-order valence-corrected chi connectivity index (χ4v) is 4.24. The Labute approximate surface area is 193 Å². The van der Waals surface area contributed by atoms with Gasteiger partial charge in [0, 0.05) is 17.2 Å². The van der Waals surface area contributed by atoms with Crippen LogP contribution in [-0.2, 0) is 6.54 Å². The molecule has 0 spiro atoms. The van der Waals surface area contributed by atoms with E-state index in [9.17, 15) is 4.79 Å². The number of benzene rings is 2. The van der Waals surface area contributed by atoms with Gasteiger partial charge in [-0.25, -0.2) is 0 Å². The second-order valence-corrected chi connectivity index (χ2v) is 8.04. The molecule has 1 aliphatic carbocycles. The van der Waals surface area contributed by atoms with Crippen molar-refractivity contribution in [2.24, 2.45) is 0 Å². The molecule has 8 heteroatoms. The van der Waals surface area contributed by atoms with Crippen molar-refractivity contribution in [1.29, 1.82) is 0 Å². The molecule has 4 rings (SSSR count). The largest absolute Gasteiger partial charge is 0.497 e. The van der Waals surface area contributed by atoms with Gasteiger partial charge in [0.05, 0.1) is 21.3 Å². The SMILES string of the molecule is COc1cccc(C(=O)N(Cc2nc(-c3ccc(OC)c(OC)c3)no2)C2CCCCC2)c1. The number of hydrogen-bond donors (Lipinski definition) is 0. The number of carbonyl (C=O) groups is 1. The Balaban J connectivity index is 1.59. The first kappa shape index (κ1) is 22.6. The van der Waals surface area contributed by atoms with E-state index < -0.39 is 0 Å². The topological polar surface area (TPSA) is 86.9 Å². The Bertz CT molecular complexity index is 1090. The van der Waals surface area contributed by atoms with Gasteiger partial charge in [-0.05, 0) is 49.2 Å². The van der Waals surface area contributed by atoms with Crippen LogP contribution in [0.4, 0.5) is 0 Å². The smallest absolute Gasteiger partial charge is 0.254 e.